The minimum absolute atomic E-state index is 0.254. The molecular weight excluding hydrogens is 498 g/mol. The summed E-state index contributed by atoms with van der Waals surface area (Å²) in [7, 11) is 0. The molecule has 9 nitrogen and oxygen atoms in total. The second kappa shape index (κ2) is 11.1. The summed E-state index contributed by atoms with van der Waals surface area (Å²) in [6.07, 6.45) is 3.59. The summed E-state index contributed by atoms with van der Waals surface area (Å²) >= 11 is 0. The molecule has 0 fully saturated rings. The van der Waals surface area contributed by atoms with E-state index in [-0.39, 0.29) is 11.4 Å². The second-order valence-corrected chi connectivity index (χ2v) is 8.58. The summed E-state index contributed by atoms with van der Waals surface area (Å²) in [5.74, 6) is 0.235. The van der Waals surface area contributed by atoms with Gasteiger partial charge in [0.15, 0.2) is 23.9 Å². The first-order chi connectivity index (χ1) is 19.0. The number of allylic oxidation sites excluding steroid dienone is 1. The Balaban J connectivity index is 1.65. The van der Waals surface area contributed by atoms with E-state index in [1.54, 1.807) is 36.4 Å². The number of benzene rings is 3. The molecule has 0 bridgehead atoms. The average molecular weight is 524 g/mol. The molecule has 0 unspecified atom stereocenters. The largest absolute Gasteiger partial charge is 0.490 e. The molecule has 0 radical (unpaired) electrons. The maximum Gasteiger partial charge on any atom is 0.341 e. The van der Waals surface area contributed by atoms with Crippen molar-refractivity contribution < 1.29 is 23.8 Å². The molecule has 0 saturated heterocycles. The molecule has 0 atom stereocenters. The predicted molar refractivity (Wildman–Crippen MR) is 149 cm³/mol. The summed E-state index contributed by atoms with van der Waals surface area (Å²) in [5, 5.41) is 14.9. The molecular formula is C30H25N3O6. The molecule has 0 aliphatic rings. The molecule has 0 saturated carbocycles. The Morgan fingerprint density at radius 3 is 2.69 bits per heavy atom. The van der Waals surface area contributed by atoms with E-state index in [1.165, 1.54) is 10.9 Å². The third-order valence-electron chi connectivity index (χ3n) is 5.88. The van der Waals surface area contributed by atoms with E-state index in [0.29, 0.717) is 57.9 Å². The quantitative estimate of drug-likeness (QED) is 0.195. The first kappa shape index (κ1) is 25.5. The molecule has 196 valence electrons. The van der Waals surface area contributed by atoms with Gasteiger partial charge < -0.3 is 19.0 Å². The number of carbonyl (C=O) groups is 1. The van der Waals surface area contributed by atoms with Gasteiger partial charge in [0.2, 0.25) is 5.82 Å². The fraction of sp³-hybridized carbons (Fsp3) is 0.133. The van der Waals surface area contributed by atoms with Gasteiger partial charge in [-0.1, -0.05) is 36.4 Å². The van der Waals surface area contributed by atoms with Crippen molar-refractivity contribution in [2.75, 3.05) is 13.2 Å². The molecule has 9 heteroatoms. The molecule has 39 heavy (non-hydrogen) atoms. The van der Waals surface area contributed by atoms with Crippen LogP contribution in [0.1, 0.15) is 18.1 Å². The molecule has 5 rings (SSSR count). The van der Waals surface area contributed by atoms with Crippen molar-refractivity contribution in [3.8, 4) is 23.1 Å². The van der Waals surface area contributed by atoms with E-state index < -0.39 is 12.6 Å². The number of hydrogen-bond acceptors (Lipinski definition) is 7. The Morgan fingerprint density at radius 2 is 1.92 bits per heavy atom. The van der Waals surface area contributed by atoms with Gasteiger partial charge in [0, 0.05) is 10.9 Å². The van der Waals surface area contributed by atoms with Crippen LogP contribution >= 0.6 is 0 Å². The number of nitrogens with zero attached hydrogens (tertiary/aromatic N) is 3. The van der Waals surface area contributed by atoms with Crippen LogP contribution in [-0.2, 0) is 11.2 Å². The van der Waals surface area contributed by atoms with Crippen molar-refractivity contribution in [1.29, 1.82) is 0 Å². The van der Waals surface area contributed by atoms with Crippen LogP contribution in [0.25, 0.3) is 33.5 Å². The van der Waals surface area contributed by atoms with E-state index >= 15 is 0 Å². The lowest BCUT2D eigenvalue weighted by atomic mass is 10.1. The highest BCUT2D eigenvalue weighted by Crippen LogP contribution is 2.34. The lowest BCUT2D eigenvalue weighted by Gasteiger charge is -2.15. The Morgan fingerprint density at radius 1 is 1.13 bits per heavy atom. The van der Waals surface area contributed by atoms with Crippen LogP contribution in [0.5, 0.6) is 11.5 Å². The van der Waals surface area contributed by atoms with E-state index in [4.69, 9.17) is 24.0 Å². The molecule has 0 spiro atoms. The summed E-state index contributed by atoms with van der Waals surface area (Å²) in [4.78, 5) is 29.4. The SMILES string of the molecule is C=CCc1cc(C=Nn2c(-c3cc4ccccc4o3)nc3ccccc3c2=O)cc(OCC)c1OCC(=O)O. The zero-order valence-corrected chi connectivity index (χ0v) is 21.2. The van der Waals surface area contributed by atoms with E-state index in [9.17, 15) is 9.59 Å². The van der Waals surface area contributed by atoms with E-state index in [1.807, 2.05) is 43.3 Å². The van der Waals surface area contributed by atoms with E-state index in [2.05, 4.69) is 11.7 Å². The zero-order valence-electron chi connectivity index (χ0n) is 21.2. The number of furan rings is 1. The van der Waals surface area contributed by atoms with E-state index in [0.717, 1.165) is 5.39 Å². The van der Waals surface area contributed by atoms with Crippen molar-refractivity contribution >= 4 is 34.1 Å². The summed E-state index contributed by atoms with van der Waals surface area (Å²) in [6, 6.07) is 19.9. The van der Waals surface area contributed by atoms with Crippen LogP contribution in [0.4, 0.5) is 0 Å². The van der Waals surface area contributed by atoms with Gasteiger partial charge in [-0.2, -0.15) is 9.78 Å². The first-order valence-corrected chi connectivity index (χ1v) is 12.3. The lowest BCUT2D eigenvalue weighted by Crippen LogP contribution is -2.20. The van der Waals surface area contributed by atoms with Gasteiger partial charge in [-0.05, 0) is 55.3 Å². The van der Waals surface area contributed by atoms with Crippen LogP contribution < -0.4 is 15.0 Å². The smallest absolute Gasteiger partial charge is 0.341 e. The number of ether oxygens (including phenoxy) is 2. The fourth-order valence-electron chi connectivity index (χ4n) is 4.23. The molecule has 3 aromatic carbocycles. The molecule has 2 aromatic heterocycles. The maximum absolute atomic E-state index is 13.6. The molecule has 0 amide bonds. The number of aliphatic carboxylic acids is 1. The molecule has 2 heterocycles. The van der Waals surface area contributed by atoms with Gasteiger partial charge in [-0.15, -0.1) is 6.58 Å². The van der Waals surface area contributed by atoms with Crippen LogP contribution in [0.15, 0.2) is 93.7 Å². The molecule has 1 N–H and O–H groups in total. The summed E-state index contributed by atoms with van der Waals surface area (Å²) < 4.78 is 18.5. The molecule has 5 aromatic rings. The van der Waals surface area contributed by atoms with Crippen LogP contribution in [0.2, 0.25) is 0 Å². The van der Waals surface area contributed by atoms with Crippen molar-refractivity contribution in [2.45, 2.75) is 13.3 Å². The third-order valence-corrected chi connectivity index (χ3v) is 5.88. The number of aromatic nitrogens is 2. The lowest BCUT2D eigenvalue weighted by molar-refractivity contribution is -0.139. The van der Waals surface area contributed by atoms with Crippen molar-refractivity contribution in [2.24, 2.45) is 5.10 Å². The number of para-hydroxylation sites is 2. The van der Waals surface area contributed by atoms with Crippen molar-refractivity contribution in [1.82, 2.24) is 9.66 Å². The fourth-order valence-corrected chi connectivity index (χ4v) is 4.23. The number of fused-ring (bicyclic) bond motifs is 2. The third kappa shape index (κ3) is 5.28. The van der Waals surface area contributed by atoms with Crippen LogP contribution in [0.3, 0.4) is 0 Å². The maximum atomic E-state index is 13.6. The van der Waals surface area contributed by atoms with Gasteiger partial charge in [0.1, 0.15) is 5.58 Å². The molecule has 0 aliphatic heterocycles. The Hall–Kier alpha value is -5.18. The van der Waals surface area contributed by atoms with Gasteiger partial charge in [-0.25, -0.2) is 9.78 Å². The Kier molecular flexibility index (Phi) is 7.22. The monoisotopic (exact) mass is 523 g/mol. The topological polar surface area (TPSA) is 116 Å². The number of carboxylic acids is 1. The molecule has 0 aliphatic carbocycles. The normalized spacial score (nSPS) is 11.3. The van der Waals surface area contributed by atoms with Crippen LogP contribution in [0, 0.1) is 0 Å². The summed E-state index contributed by atoms with van der Waals surface area (Å²) in [6.45, 7) is 5.42. The second-order valence-electron chi connectivity index (χ2n) is 8.58. The Bertz CT molecular complexity index is 1750. The average Bonchev–Trinajstić information content (AvgIpc) is 3.36. The first-order valence-electron chi connectivity index (χ1n) is 12.3. The highest BCUT2D eigenvalue weighted by Gasteiger charge is 2.17. The van der Waals surface area contributed by atoms with Crippen molar-refractivity contribution in [3.05, 3.63) is 101 Å². The predicted octanol–water partition coefficient (Wildman–Crippen LogP) is 5.28. The highest BCUT2D eigenvalue weighted by atomic mass is 16.5. The number of carboxylic acid groups (broad SMARTS) is 1. The van der Waals surface area contributed by atoms with Crippen LogP contribution in [-0.4, -0.2) is 40.2 Å². The number of rotatable bonds is 10. The van der Waals surface area contributed by atoms with Crippen molar-refractivity contribution in [3.63, 3.8) is 0 Å². The Labute approximate surface area is 223 Å². The van der Waals surface area contributed by atoms with Gasteiger partial charge >= 0.3 is 5.97 Å². The minimum atomic E-state index is -1.10. The van der Waals surface area contributed by atoms with Gasteiger partial charge in [0.05, 0.1) is 23.7 Å². The summed E-state index contributed by atoms with van der Waals surface area (Å²) in [5.41, 5.74) is 2.10. The minimum Gasteiger partial charge on any atom is -0.490 e. The standard InChI is InChI=1S/C30H25N3O6/c1-3-9-21-14-19(15-25(37-4-2)28(21)38-18-27(34)35)17-31-33-29(26-16-20-10-5-8-13-24(20)39-26)32-23-12-7-6-11-22(23)30(33)36/h3,5-8,10-17H,1,4,9,18H2,2H3,(H,34,35). The zero-order chi connectivity index (χ0) is 27.4. The number of hydrogen-bond donors (Lipinski definition) is 1. The van der Waals surface area contributed by atoms with Gasteiger partial charge in [0.25, 0.3) is 5.56 Å². The highest BCUT2D eigenvalue weighted by molar-refractivity contribution is 5.85. The van der Waals surface area contributed by atoms with Gasteiger partial charge in [-0.3, -0.25) is 4.79 Å².